The lowest BCUT2D eigenvalue weighted by atomic mass is 9.97. The van der Waals surface area contributed by atoms with Crippen LogP contribution in [0.4, 0.5) is 4.79 Å². The molecule has 33 heavy (non-hydrogen) atoms. The standard InChI is InChI=1S/C26H26N2O5/c1-2-17-11-13-28(14-12-17)25(31)23(15-24(29)30)27-26(32)33-16-22-20-9-5-3-7-18(20)19-8-4-6-10-21(19)22/h1,3-10,17,22-23H,11-16H2,(H,27,32)(H,29,30). The van der Waals surface area contributed by atoms with E-state index in [1.807, 2.05) is 48.5 Å². The van der Waals surface area contributed by atoms with Crippen LogP contribution >= 0.6 is 0 Å². The first-order valence-electron chi connectivity index (χ1n) is 11.1. The first-order chi connectivity index (χ1) is 16.0. The average molecular weight is 447 g/mol. The zero-order chi connectivity index (χ0) is 23.4. The number of fused-ring (bicyclic) bond motifs is 3. The first-order valence-corrected chi connectivity index (χ1v) is 11.1. The summed E-state index contributed by atoms with van der Waals surface area (Å²) in [5.41, 5.74) is 4.36. The lowest BCUT2D eigenvalue weighted by molar-refractivity contribution is -0.143. The summed E-state index contributed by atoms with van der Waals surface area (Å²) in [6, 6.07) is 14.8. The van der Waals surface area contributed by atoms with Crippen LogP contribution in [0.2, 0.25) is 0 Å². The van der Waals surface area contributed by atoms with Gasteiger partial charge in [-0.3, -0.25) is 9.59 Å². The van der Waals surface area contributed by atoms with Gasteiger partial charge in [-0.15, -0.1) is 12.3 Å². The van der Waals surface area contributed by atoms with E-state index in [-0.39, 0.29) is 18.4 Å². The van der Waals surface area contributed by atoms with Gasteiger partial charge in [0.2, 0.25) is 5.91 Å². The van der Waals surface area contributed by atoms with Gasteiger partial charge in [-0.1, -0.05) is 48.5 Å². The van der Waals surface area contributed by atoms with Gasteiger partial charge in [-0.2, -0.15) is 0 Å². The van der Waals surface area contributed by atoms with Gasteiger partial charge in [0.05, 0.1) is 6.42 Å². The molecular weight excluding hydrogens is 420 g/mol. The number of terminal acetylenes is 1. The molecule has 7 heteroatoms. The van der Waals surface area contributed by atoms with Crippen molar-refractivity contribution in [2.75, 3.05) is 19.7 Å². The van der Waals surface area contributed by atoms with Crippen molar-refractivity contribution < 1.29 is 24.2 Å². The van der Waals surface area contributed by atoms with Crippen molar-refractivity contribution in [2.24, 2.45) is 5.92 Å². The number of amides is 2. The third kappa shape index (κ3) is 4.85. The monoisotopic (exact) mass is 446 g/mol. The van der Waals surface area contributed by atoms with Crippen LogP contribution in [-0.4, -0.2) is 53.7 Å². The molecule has 1 aliphatic carbocycles. The number of ether oxygens (including phenoxy) is 1. The molecule has 4 rings (SSSR count). The van der Waals surface area contributed by atoms with E-state index < -0.39 is 30.4 Å². The number of nitrogens with zero attached hydrogens (tertiary/aromatic N) is 1. The molecule has 2 aliphatic rings. The van der Waals surface area contributed by atoms with E-state index in [9.17, 15) is 19.5 Å². The largest absolute Gasteiger partial charge is 0.481 e. The number of hydrogen-bond acceptors (Lipinski definition) is 4. The normalized spacial score (nSPS) is 16.3. The number of aliphatic carboxylic acids is 1. The zero-order valence-corrected chi connectivity index (χ0v) is 18.2. The van der Waals surface area contributed by atoms with Gasteiger partial charge in [0.15, 0.2) is 0 Å². The number of piperidine rings is 1. The maximum atomic E-state index is 12.9. The van der Waals surface area contributed by atoms with Gasteiger partial charge >= 0.3 is 12.1 Å². The minimum atomic E-state index is -1.19. The van der Waals surface area contributed by atoms with Crippen molar-refractivity contribution in [3.63, 3.8) is 0 Å². The summed E-state index contributed by atoms with van der Waals surface area (Å²) in [5, 5.41) is 11.7. The van der Waals surface area contributed by atoms with Crippen molar-refractivity contribution >= 4 is 18.0 Å². The van der Waals surface area contributed by atoms with Crippen LogP contribution in [-0.2, 0) is 14.3 Å². The molecule has 2 amide bonds. The summed E-state index contributed by atoms with van der Waals surface area (Å²) in [4.78, 5) is 38.4. The molecule has 170 valence electrons. The highest BCUT2D eigenvalue weighted by Crippen LogP contribution is 2.44. The second-order valence-corrected chi connectivity index (χ2v) is 8.39. The molecule has 0 radical (unpaired) electrons. The van der Waals surface area contributed by atoms with Gasteiger partial charge in [0.1, 0.15) is 12.6 Å². The van der Waals surface area contributed by atoms with Crippen LogP contribution in [0.15, 0.2) is 48.5 Å². The van der Waals surface area contributed by atoms with Gasteiger partial charge in [-0.05, 0) is 35.1 Å². The Balaban J connectivity index is 1.41. The van der Waals surface area contributed by atoms with Crippen LogP contribution < -0.4 is 5.32 Å². The SMILES string of the molecule is C#CC1CCN(C(=O)C(CC(=O)O)NC(=O)OCC2c3ccccc3-c3ccccc32)CC1. The Bertz CT molecular complexity index is 1050. The molecule has 1 unspecified atom stereocenters. The van der Waals surface area contributed by atoms with Crippen molar-refractivity contribution in [3.8, 4) is 23.5 Å². The molecular formula is C26H26N2O5. The molecule has 1 heterocycles. The number of carbonyl (C=O) groups is 3. The molecule has 1 saturated heterocycles. The van der Waals surface area contributed by atoms with Crippen molar-refractivity contribution in [3.05, 3.63) is 59.7 Å². The number of hydrogen-bond donors (Lipinski definition) is 2. The highest BCUT2D eigenvalue weighted by molar-refractivity contribution is 5.89. The molecule has 1 aliphatic heterocycles. The fraction of sp³-hybridized carbons (Fsp3) is 0.346. The van der Waals surface area contributed by atoms with Crippen molar-refractivity contribution in [2.45, 2.75) is 31.2 Å². The minimum absolute atomic E-state index is 0.0847. The van der Waals surface area contributed by atoms with Gasteiger partial charge in [-0.25, -0.2) is 4.79 Å². The molecule has 0 aromatic heterocycles. The number of benzene rings is 2. The molecule has 0 bridgehead atoms. The summed E-state index contributed by atoms with van der Waals surface area (Å²) in [7, 11) is 0. The molecule has 1 fully saturated rings. The van der Waals surface area contributed by atoms with Crippen LogP contribution in [0.5, 0.6) is 0 Å². The Morgan fingerprint density at radius 3 is 2.18 bits per heavy atom. The lowest BCUT2D eigenvalue weighted by Crippen LogP contribution is -2.51. The number of alkyl carbamates (subject to hydrolysis) is 1. The van der Waals surface area contributed by atoms with E-state index in [4.69, 9.17) is 11.2 Å². The quantitative estimate of drug-likeness (QED) is 0.664. The predicted molar refractivity (Wildman–Crippen MR) is 122 cm³/mol. The molecule has 2 aromatic carbocycles. The molecule has 7 nitrogen and oxygen atoms in total. The van der Waals surface area contributed by atoms with E-state index in [1.165, 1.54) is 0 Å². The fourth-order valence-electron chi connectivity index (χ4n) is 4.64. The highest BCUT2D eigenvalue weighted by atomic mass is 16.5. The summed E-state index contributed by atoms with van der Waals surface area (Å²) in [6.45, 7) is 0.966. The van der Waals surface area contributed by atoms with Crippen LogP contribution in [0.3, 0.4) is 0 Å². The summed E-state index contributed by atoms with van der Waals surface area (Å²) in [5.74, 6) is 1.08. The molecule has 2 aromatic rings. The van der Waals surface area contributed by atoms with Crippen LogP contribution in [0, 0.1) is 18.3 Å². The minimum Gasteiger partial charge on any atom is -0.481 e. The lowest BCUT2D eigenvalue weighted by Gasteiger charge is -2.32. The second-order valence-electron chi connectivity index (χ2n) is 8.39. The molecule has 0 spiro atoms. The maximum Gasteiger partial charge on any atom is 0.407 e. The number of nitrogens with one attached hydrogen (secondary N) is 1. The van der Waals surface area contributed by atoms with E-state index >= 15 is 0 Å². The number of carboxylic acid groups (broad SMARTS) is 1. The van der Waals surface area contributed by atoms with Crippen LogP contribution in [0.25, 0.3) is 11.1 Å². The smallest absolute Gasteiger partial charge is 0.407 e. The van der Waals surface area contributed by atoms with E-state index in [0.717, 1.165) is 22.3 Å². The van der Waals surface area contributed by atoms with Gasteiger partial charge in [0, 0.05) is 24.9 Å². The van der Waals surface area contributed by atoms with E-state index in [0.29, 0.717) is 25.9 Å². The highest BCUT2D eigenvalue weighted by Gasteiger charge is 2.32. The zero-order valence-electron chi connectivity index (χ0n) is 18.2. The fourth-order valence-corrected chi connectivity index (χ4v) is 4.64. The van der Waals surface area contributed by atoms with Crippen molar-refractivity contribution in [1.82, 2.24) is 10.2 Å². The Morgan fingerprint density at radius 2 is 1.64 bits per heavy atom. The van der Waals surface area contributed by atoms with Crippen molar-refractivity contribution in [1.29, 1.82) is 0 Å². The number of likely N-dealkylation sites (tertiary alicyclic amines) is 1. The summed E-state index contributed by atoms with van der Waals surface area (Å²) < 4.78 is 5.48. The summed E-state index contributed by atoms with van der Waals surface area (Å²) in [6.07, 6.45) is 5.45. The van der Waals surface area contributed by atoms with Gasteiger partial charge in [0.25, 0.3) is 0 Å². The maximum absolute atomic E-state index is 12.9. The number of rotatable bonds is 6. The van der Waals surface area contributed by atoms with Gasteiger partial charge < -0.3 is 20.1 Å². The number of carbonyl (C=O) groups excluding carboxylic acids is 2. The summed E-state index contributed by atoms with van der Waals surface area (Å²) >= 11 is 0. The van der Waals surface area contributed by atoms with E-state index in [2.05, 4.69) is 11.2 Å². The Hall–Kier alpha value is -3.79. The molecule has 1 atom stereocenters. The predicted octanol–water partition coefficient (Wildman–Crippen LogP) is 3.24. The second kappa shape index (κ2) is 9.78. The Labute approximate surface area is 192 Å². The molecule has 2 N–H and O–H groups in total. The Morgan fingerprint density at radius 1 is 1.06 bits per heavy atom. The number of carboxylic acids is 1. The average Bonchev–Trinajstić information content (AvgIpc) is 3.15. The topological polar surface area (TPSA) is 95.9 Å². The molecule has 0 saturated carbocycles. The third-order valence-electron chi connectivity index (χ3n) is 6.35. The van der Waals surface area contributed by atoms with Crippen LogP contribution in [0.1, 0.15) is 36.3 Å². The third-order valence-corrected chi connectivity index (χ3v) is 6.35. The van der Waals surface area contributed by atoms with E-state index in [1.54, 1.807) is 4.90 Å². The first kappa shape index (κ1) is 22.4. The Kier molecular flexibility index (Phi) is 6.64.